The Kier molecular flexibility index (Phi) is 8.21. The van der Waals surface area contributed by atoms with Crippen LogP contribution in [0, 0.1) is 22.8 Å². The van der Waals surface area contributed by atoms with Crippen molar-refractivity contribution in [2.24, 2.45) is 4.99 Å². The van der Waals surface area contributed by atoms with Crippen LogP contribution in [0.5, 0.6) is 11.5 Å². The van der Waals surface area contributed by atoms with Crippen molar-refractivity contribution in [3.63, 3.8) is 0 Å². The summed E-state index contributed by atoms with van der Waals surface area (Å²) >= 11 is 0. The Morgan fingerprint density at radius 2 is 1.67 bits per heavy atom. The number of nitrogen functional groups attached to an aromatic ring is 2. The number of hydrogen-bond donors (Lipinski definition) is 4. The van der Waals surface area contributed by atoms with Crippen molar-refractivity contribution >= 4 is 40.6 Å². The molecule has 0 radical (unpaired) electrons. The Hall–Kier alpha value is -6.27. The average Bonchev–Trinajstić information content (AvgIpc) is 3.01. The summed E-state index contributed by atoms with van der Waals surface area (Å²) in [6.07, 6.45) is 1.83. The fourth-order valence-electron chi connectivity index (χ4n) is 4.70. The number of rotatable bonds is 8. The molecule has 0 fully saturated rings. The second-order valence-electron chi connectivity index (χ2n) is 9.23. The van der Waals surface area contributed by atoms with Crippen molar-refractivity contribution in [1.82, 2.24) is 10.3 Å². The number of aliphatic imine (C=N–C) groups is 1. The van der Waals surface area contributed by atoms with E-state index in [9.17, 15) is 15.3 Å². The summed E-state index contributed by atoms with van der Waals surface area (Å²) in [5.41, 5.74) is 14.9. The zero-order chi connectivity index (χ0) is 30.3. The topological polar surface area (TPSA) is 188 Å². The first-order valence-corrected chi connectivity index (χ1v) is 13.3. The van der Waals surface area contributed by atoms with Crippen LogP contribution in [0.1, 0.15) is 29.7 Å². The maximum Gasteiger partial charge on any atom is 0.269 e. The van der Waals surface area contributed by atoms with Crippen LogP contribution in [-0.2, 0) is 4.79 Å². The van der Waals surface area contributed by atoms with Crippen LogP contribution in [-0.4, -0.2) is 30.1 Å². The summed E-state index contributed by atoms with van der Waals surface area (Å²) in [5.74, 6) is 0.764. The number of amides is 1. The Morgan fingerprint density at radius 3 is 2.28 bits per heavy atom. The maximum absolute atomic E-state index is 13.5. The van der Waals surface area contributed by atoms with E-state index in [-0.39, 0.29) is 41.4 Å². The molecule has 43 heavy (non-hydrogen) atoms. The van der Waals surface area contributed by atoms with Crippen LogP contribution in [0.25, 0.3) is 0 Å². The highest BCUT2D eigenvalue weighted by molar-refractivity contribution is 6.01. The number of pyridine rings is 1. The van der Waals surface area contributed by atoms with Crippen LogP contribution >= 0.6 is 0 Å². The number of nitriles is 2. The highest BCUT2D eigenvalue weighted by Crippen LogP contribution is 2.42. The van der Waals surface area contributed by atoms with E-state index in [0.717, 1.165) is 0 Å². The zero-order valence-electron chi connectivity index (χ0n) is 23.1. The van der Waals surface area contributed by atoms with Crippen molar-refractivity contribution in [2.45, 2.75) is 13.0 Å². The lowest BCUT2D eigenvalue weighted by atomic mass is 9.95. The SMILES string of the molecule is CCOc1cc(C2N=C(NC#N)Nc3nc(N)c(C#N)c(N)c32)ccc1OCC(=O)N(c1ccccc1)c1ccccc1. The van der Waals surface area contributed by atoms with Gasteiger partial charge in [0, 0.05) is 16.9 Å². The maximum atomic E-state index is 13.5. The molecule has 1 atom stereocenters. The van der Waals surface area contributed by atoms with Gasteiger partial charge in [0.25, 0.3) is 5.91 Å². The molecule has 1 amide bonds. The number of fused-ring (bicyclic) bond motifs is 1. The van der Waals surface area contributed by atoms with Gasteiger partial charge in [0.05, 0.1) is 12.3 Å². The predicted octanol–water partition coefficient (Wildman–Crippen LogP) is 4.20. The van der Waals surface area contributed by atoms with Gasteiger partial charge in [-0.05, 0) is 48.9 Å². The van der Waals surface area contributed by atoms with Crippen LogP contribution in [0.3, 0.4) is 0 Å². The summed E-state index contributed by atoms with van der Waals surface area (Å²) in [4.78, 5) is 24.0. The molecule has 0 aliphatic carbocycles. The Balaban J connectivity index is 1.47. The molecule has 0 bridgehead atoms. The molecule has 1 aliphatic heterocycles. The molecule has 6 N–H and O–H groups in total. The second-order valence-corrected chi connectivity index (χ2v) is 9.23. The molecule has 0 saturated carbocycles. The van der Waals surface area contributed by atoms with E-state index in [2.05, 4.69) is 20.6 Å². The number of ether oxygens (including phenoxy) is 2. The van der Waals surface area contributed by atoms with Gasteiger partial charge in [-0.15, -0.1) is 0 Å². The molecular formula is C31H27N9O3. The number of guanidine groups is 1. The molecule has 1 unspecified atom stereocenters. The molecule has 1 aliphatic rings. The van der Waals surface area contributed by atoms with Gasteiger partial charge >= 0.3 is 0 Å². The first-order chi connectivity index (χ1) is 20.9. The minimum Gasteiger partial charge on any atom is -0.490 e. The van der Waals surface area contributed by atoms with Crippen LogP contribution < -0.4 is 36.5 Å². The fraction of sp³-hybridized carbons (Fsp3) is 0.129. The predicted molar refractivity (Wildman–Crippen MR) is 163 cm³/mol. The Bertz CT molecular complexity index is 1720. The average molecular weight is 574 g/mol. The Morgan fingerprint density at radius 1 is 1.00 bits per heavy atom. The van der Waals surface area contributed by atoms with E-state index < -0.39 is 6.04 Å². The molecular weight excluding hydrogens is 546 g/mol. The number of nitrogens with zero attached hydrogens (tertiary/aromatic N) is 5. The third-order valence-electron chi connectivity index (χ3n) is 6.57. The van der Waals surface area contributed by atoms with Crippen LogP contribution in [0.15, 0.2) is 83.9 Å². The fourth-order valence-corrected chi connectivity index (χ4v) is 4.70. The normalized spacial score (nSPS) is 13.3. The van der Waals surface area contributed by atoms with Gasteiger partial charge in [0.2, 0.25) is 5.96 Å². The van der Waals surface area contributed by atoms with Crippen molar-refractivity contribution < 1.29 is 14.3 Å². The van der Waals surface area contributed by atoms with E-state index in [1.807, 2.05) is 79.8 Å². The van der Waals surface area contributed by atoms with Gasteiger partial charge in [0.1, 0.15) is 29.3 Å². The lowest BCUT2D eigenvalue weighted by molar-refractivity contribution is -0.119. The minimum absolute atomic E-state index is 0.0299. The highest BCUT2D eigenvalue weighted by atomic mass is 16.5. The Labute approximate surface area is 247 Å². The van der Waals surface area contributed by atoms with E-state index in [1.54, 1.807) is 23.1 Å². The van der Waals surface area contributed by atoms with Gasteiger partial charge in [-0.25, -0.2) is 9.98 Å². The summed E-state index contributed by atoms with van der Waals surface area (Å²) in [5, 5.41) is 24.2. The summed E-state index contributed by atoms with van der Waals surface area (Å²) in [7, 11) is 0. The lowest BCUT2D eigenvalue weighted by Crippen LogP contribution is -2.32. The van der Waals surface area contributed by atoms with Gasteiger partial charge < -0.3 is 26.3 Å². The van der Waals surface area contributed by atoms with Gasteiger partial charge in [0.15, 0.2) is 24.3 Å². The lowest BCUT2D eigenvalue weighted by Gasteiger charge is -2.27. The zero-order valence-corrected chi connectivity index (χ0v) is 23.1. The number of nitrogens with two attached hydrogens (primary N) is 2. The molecule has 4 aromatic rings. The number of para-hydroxylation sites is 2. The summed E-state index contributed by atoms with van der Waals surface area (Å²) in [6, 6.07) is 25.0. The largest absolute Gasteiger partial charge is 0.490 e. The number of carbonyl (C=O) groups is 1. The molecule has 214 valence electrons. The molecule has 3 aromatic carbocycles. The number of aromatic nitrogens is 1. The van der Waals surface area contributed by atoms with Gasteiger partial charge in [-0.3, -0.25) is 15.0 Å². The molecule has 12 nitrogen and oxygen atoms in total. The number of anilines is 5. The highest BCUT2D eigenvalue weighted by Gasteiger charge is 2.30. The van der Waals surface area contributed by atoms with Crippen molar-refractivity contribution in [2.75, 3.05) is 34.9 Å². The number of benzene rings is 3. The first kappa shape index (κ1) is 28.3. The number of nitrogens with one attached hydrogen (secondary N) is 2. The number of carbonyl (C=O) groups excluding carboxylic acids is 1. The quantitative estimate of drug-likeness (QED) is 0.176. The molecule has 0 spiro atoms. The number of hydrogen-bond acceptors (Lipinski definition) is 11. The summed E-state index contributed by atoms with van der Waals surface area (Å²) < 4.78 is 11.9. The standard InChI is InChI=1S/C31H27N9O3/c1-2-42-24-15-19(28-26-27(34)22(16-32)29(35)38-30(26)39-31(37-28)36-18-33)13-14-23(24)43-17-25(41)40(20-9-5-3-6-10-20)21-11-7-4-8-12-21/h3-15,28H,2,17H2,1H3,(H6,34,35,36,37,38,39). The van der Waals surface area contributed by atoms with Crippen molar-refractivity contribution in [1.29, 1.82) is 10.5 Å². The molecule has 0 saturated heterocycles. The molecule has 1 aromatic heterocycles. The first-order valence-electron chi connectivity index (χ1n) is 13.3. The van der Waals surface area contributed by atoms with E-state index >= 15 is 0 Å². The van der Waals surface area contributed by atoms with Crippen molar-refractivity contribution in [3.05, 3.63) is 95.6 Å². The third kappa shape index (κ3) is 5.80. The van der Waals surface area contributed by atoms with Gasteiger partial charge in [-0.2, -0.15) is 10.5 Å². The van der Waals surface area contributed by atoms with Gasteiger partial charge in [-0.1, -0.05) is 42.5 Å². The van der Waals surface area contributed by atoms with Crippen molar-refractivity contribution in [3.8, 4) is 23.8 Å². The van der Waals surface area contributed by atoms with Crippen LogP contribution in [0.2, 0.25) is 0 Å². The van der Waals surface area contributed by atoms with E-state index in [1.165, 1.54) is 0 Å². The molecule has 12 heteroatoms. The second kappa shape index (κ2) is 12.5. The summed E-state index contributed by atoms with van der Waals surface area (Å²) in [6.45, 7) is 1.88. The van der Waals surface area contributed by atoms with E-state index in [4.69, 9.17) is 20.9 Å². The minimum atomic E-state index is -0.770. The molecule has 5 rings (SSSR count). The monoisotopic (exact) mass is 573 g/mol. The third-order valence-corrected chi connectivity index (χ3v) is 6.57. The smallest absolute Gasteiger partial charge is 0.269 e. The van der Waals surface area contributed by atoms with Crippen LogP contribution in [0.4, 0.5) is 28.7 Å². The van der Waals surface area contributed by atoms with E-state index in [0.29, 0.717) is 40.6 Å². The molecule has 2 heterocycles.